The molecule has 4 aromatic carbocycles. The van der Waals surface area contributed by atoms with Gasteiger partial charge in [-0.1, -0.05) is 48.5 Å². The molecule has 0 radical (unpaired) electrons. The smallest absolute Gasteiger partial charge is 0.314 e. The summed E-state index contributed by atoms with van der Waals surface area (Å²) in [4.78, 5) is 26.9. The van der Waals surface area contributed by atoms with Gasteiger partial charge in [0.05, 0.1) is 68.7 Å². The van der Waals surface area contributed by atoms with Gasteiger partial charge in [-0.15, -0.1) is 0 Å². The topological polar surface area (TPSA) is 259 Å². The Kier molecular flexibility index (Phi) is 22.8. The van der Waals surface area contributed by atoms with Crippen molar-refractivity contribution < 1.29 is 54.8 Å². The second-order valence-electron chi connectivity index (χ2n) is 18.5. The van der Waals surface area contributed by atoms with E-state index in [9.17, 15) is 26.4 Å². The number of sulfonamides is 2. The zero-order valence-electron chi connectivity index (χ0n) is 42.6. The molecular formula is C53H74N8O12S2. The van der Waals surface area contributed by atoms with Crippen molar-refractivity contribution in [3.8, 4) is 11.5 Å². The minimum atomic E-state index is -3.76. The molecule has 0 saturated carbocycles. The second-order valence-corrected chi connectivity index (χ2v) is 22.0. The van der Waals surface area contributed by atoms with Gasteiger partial charge in [0.25, 0.3) is 0 Å². The van der Waals surface area contributed by atoms with Crippen LogP contribution < -0.4 is 45.9 Å². The summed E-state index contributed by atoms with van der Waals surface area (Å²) in [6.07, 6.45) is 5.93. The molecule has 0 unspecified atom stereocenters. The third kappa shape index (κ3) is 18.4. The number of carbonyl (C=O) groups excluding carboxylic acids is 2. The van der Waals surface area contributed by atoms with Crippen LogP contribution in [0.15, 0.2) is 107 Å². The lowest BCUT2D eigenvalue weighted by Crippen LogP contribution is -2.49. The summed E-state index contributed by atoms with van der Waals surface area (Å²) in [5, 5.41) is 11.0. The fourth-order valence-electron chi connectivity index (χ4n) is 9.25. The van der Waals surface area contributed by atoms with Gasteiger partial charge in [0.1, 0.15) is 23.7 Å². The first-order chi connectivity index (χ1) is 36.4. The van der Waals surface area contributed by atoms with Crippen molar-refractivity contribution in [1.82, 2.24) is 35.6 Å². The minimum absolute atomic E-state index is 0.0389. The summed E-state index contributed by atoms with van der Waals surface area (Å²) in [5.74, 6) is 1.22. The van der Waals surface area contributed by atoms with Gasteiger partial charge < -0.3 is 55.4 Å². The number of likely N-dealkylation sites (tertiary alicyclic amines) is 1. The van der Waals surface area contributed by atoms with Crippen molar-refractivity contribution in [1.29, 1.82) is 0 Å². The molecule has 1 saturated heterocycles. The van der Waals surface area contributed by atoms with Crippen molar-refractivity contribution >= 4 is 32.1 Å². The van der Waals surface area contributed by atoms with Crippen LogP contribution in [-0.4, -0.2) is 151 Å². The Morgan fingerprint density at radius 2 is 1.03 bits per heavy atom. The van der Waals surface area contributed by atoms with Gasteiger partial charge in [-0.05, 0) is 122 Å². The van der Waals surface area contributed by atoms with Gasteiger partial charge in [0.15, 0.2) is 0 Å². The van der Waals surface area contributed by atoms with E-state index in [0.717, 1.165) is 50.8 Å². The van der Waals surface area contributed by atoms with Crippen LogP contribution in [0.1, 0.15) is 66.6 Å². The molecule has 1 aliphatic heterocycles. The fraction of sp³-hybridized carbons (Fsp3) is 0.509. The van der Waals surface area contributed by atoms with Gasteiger partial charge in [-0.2, -0.15) is 0 Å². The maximum absolute atomic E-state index is 13.0. The van der Waals surface area contributed by atoms with Crippen LogP contribution in [0.3, 0.4) is 0 Å². The van der Waals surface area contributed by atoms with Gasteiger partial charge >= 0.3 is 12.1 Å². The predicted octanol–water partition coefficient (Wildman–Crippen LogP) is 3.92. The first-order valence-corrected chi connectivity index (χ1v) is 28.9. The van der Waals surface area contributed by atoms with Gasteiger partial charge in [-0.25, -0.2) is 35.9 Å². The van der Waals surface area contributed by atoms with E-state index in [1.54, 1.807) is 36.4 Å². The largest absolute Gasteiger partial charge is 0.486 e. The molecule has 75 heavy (non-hydrogen) atoms. The standard InChI is InChI=1S/C53H74N8O12S2/c54-42-10-7-29-61(39-42)49-38-41-9-2-4-12-48(41)51(49)73-44-16-20-46(21-17-44)75(66,67)60-28-33-71-37-35-69-31-26-58-53(63)56-24-6-5-23-55-52(62)57-25-30-68-34-36-70-32-27-59-74(64,65)45-18-14-43(15-19-45)72-50-22-13-40-8-1-3-11-47(40)50/h1-4,8-9,11-12,14-21,42,49-51,59-60H,5-7,10,13,22-39,54H2,(H2,55,57,62)(H2,56,58,63)/t42-,49+,50-,51+/m1/s1. The highest BCUT2D eigenvalue weighted by molar-refractivity contribution is 7.89. The molecule has 8 N–H and O–H groups in total. The number of carbonyl (C=O) groups is 2. The number of hydrogen-bond acceptors (Lipinski definition) is 14. The summed E-state index contributed by atoms with van der Waals surface area (Å²) in [5.41, 5.74) is 11.2. The van der Waals surface area contributed by atoms with E-state index in [2.05, 4.69) is 59.9 Å². The molecule has 4 atom stereocenters. The number of nitrogens with zero attached hydrogens (tertiary/aromatic N) is 1. The maximum Gasteiger partial charge on any atom is 0.314 e. The van der Waals surface area contributed by atoms with Gasteiger partial charge in [0, 0.05) is 51.9 Å². The molecule has 0 aromatic heterocycles. The number of nitrogens with one attached hydrogen (secondary N) is 6. The Balaban J connectivity index is 0.614. The van der Waals surface area contributed by atoms with Crippen molar-refractivity contribution in [2.75, 3.05) is 105 Å². The Morgan fingerprint density at radius 1 is 0.547 bits per heavy atom. The molecule has 3 aliphatic rings. The second kappa shape index (κ2) is 29.8. The first kappa shape index (κ1) is 57.3. The molecule has 7 rings (SSSR count). The Morgan fingerprint density at radius 3 is 1.57 bits per heavy atom. The van der Waals surface area contributed by atoms with Crippen molar-refractivity contribution in [3.05, 3.63) is 119 Å². The number of benzene rings is 4. The van der Waals surface area contributed by atoms with Crippen LogP contribution in [0.4, 0.5) is 9.59 Å². The number of hydrogen-bond donors (Lipinski definition) is 7. The number of aryl methyl sites for hydroxylation is 1. The molecule has 2 aliphatic carbocycles. The van der Waals surface area contributed by atoms with E-state index in [1.165, 1.54) is 28.8 Å². The summed E-state index contributed by atoms with van der Waals surface area (Å²) < 4.78 is 91.1. The number of amides is 4. The number of unbranched alkanes of at least 4 members (excludes halogenated alkanes) is 1. The zero-order valence-corrected chi connectivity index (χ0v) is 44.2. The number of urea groups is 2. The van der Waals surface area contributed by atoms with Crippen LogP contribution >= 0.6 is 0 Å². The van der Waals surface area contributed by atoms with Crippen LogP contribution in [-0.2, 0) is 51.8 Å². The molecule has 4 amide bonds. The molecule has 410 valence electrons. The average Bonchev–Trinajstić information content (AvgIpc) is 4.00. The number of rotatable bonds is 32. The number of ether oxygens (including phenoxy) is 6. The summed E-state index contributed by atoms with van der Waals surface area (Å²) >= 11 is 0. The van der Waals surface area contributed by atoms with Crippen LogP contribution in [0.2, 0.25) is 0 Å². The molecule has 1 heterocycles. The van der Waals surface area contributed by atoms with Crippen LogP contribution in [0.5, 0.6) is 11.5 Å². The predicted molar refractivity (Wildman–Crippen MR) is 283 cm³/mol. The molecule has 0 bridgehead atoms. The van der Waals surface area contributed by atoms with E-state index in [4.69, 9.17) is 34.2 Å². The lowest BCUT2D eigenvalue weighted by molar-refractivity contribution is 0.0516. The quantitative estimate of drug-likeness (QED) is 0.0342. The van der Waals surface area contributed by atoms with E-state index < -0.39 is 20.0 Å². The van der Waals surface area contributed by atoms with Crippen molar-refractivity contribution in [3.63, 3.8) is 0 Å². The van der Waals surface area contributed by atoms with Crippen molar-refractivity contribution in [2.45, 2.75) is 79.0 Å². The Labute approximate surface area is 441 Å². The van der Waals surface area contributed by atoms with Crippen LogP contribution in [0.25, 0.3) is 0 Å². The average molecular weight is 1080 g/mol. The Bertz CT molecular complexity index is 2610. The first-order valence-electron chi connectivity index (χ1n) is 26.0. The SMILES string of the molecule is N[C@@H]1CCCN([C@H]2Cc3ccccc3[C@@H]2Oc2ccc(S(=O)(=O)NCCOCCOCCNC(=O)NCCCCNC(=O)NCCOCCOCCNS(=O)(=O)c3ccc(O[C@@H]4CCc5ccccc54)cc3)cc2)C1. The highest BCUT2D eigenvalue weighted by atomic mass is 32.2. The zero-order chi connectivity index (χ0) is 52.7. The normalized spacial score (nSPS) is 18.5. The highest BCUT2D eigenvalue weighted by Crippen LogP contribution is 2.39. The monoisotopic (exact) mass is 1080 g/mol. The summed E-state index contributed by atoms with van der Waals surface area (Å²) in [7, 11) is -7.47. The summed E-state index contributed by atoms with van der Waals surface area (Å²) in [6.45, 7) is 5.42. The molecule has 1 fully saturated rings. The molecular weight excluding hydrogens is 1000 g/mol. The number of fused-ring (bicyclic) bond motifs is 2. The lowest BCUT2D eigenvalue weighted by atomic mass is 10.0. The summed E-state index contributed by atoms with van der Waals surface area (Å²) in [6, 6.07) is 29.1. The molecule has 4 aromatic rings. The van der Waals surface area contributed by atoms with Gasteiger partial charge in [0.2, 0.25) is 20.0 Å². The van der Waals surface area contributed by atoms with E-state index in [-0.39, 0.29) is 112 Å². The van der Waals surface area contributed by atoms with E-state index in [0.29, 0.717) is 50.5 Å². The van der Waals surface area contributed by atoms with Gasteiger partial charge in [-0.3, -0.25) is 4.90 Å². The van der Waals surface area contributed by atoms with E-state index in [1.807, 2.05) is 24.3 Å². The third-order valence-corrected chi connectivity index (χ3v) is 16.0. The maximum atomic E-state index is 13.0. The molecule has 22 heteroatoms. The van der Waals surface area contributed by atoms with Crippen molar-refractivity contribution in [2.24, 2.45) is 5.73 Å². The van der Waals surface area contributed by atoms with Crippen LogP contribution in [0, 0.1) is 0 Å². The third-order valence-electron chi connectivity index (χ3n) is 13.0. The number of nitrogens with two attached hydrogens (primary N) is 1. The molecule has 0 spiro atoms. The highest BCUT2D eigenvalue weighted by Gasteiger charge is 2.39. The Hall–Kier alpha value is -5.40. The number of piperidine rings is 1. The van der Waals surface area contributed by atoms with E-state index >= 15 is 0 Å². The molecule has 20 nitrogen and oxygen atoms in total. The minimum Gasteiger partial charge on any atom is -0.486 e. The lowest BCUT2D eigenvalue weighted by Gasteiger charge is -2.38. The fourth-order valence-corrected chi connectivity index (χ4v) is 11.3.